The molecule has 1 heterocycles. The number of nitrogens with one attached hydrogen (secondary N) is 2. The van der Waals surface area contributed by atoms with Gasteiger partial charge in [0.05, 0.1) is 29.9 Å². The molecule has 210 valence electrons. The van der Waals surface area contributed by atoms with Crippen molar-refractivity contribution in [2.24, 2.45) is 0 Å². The molecule has 1 aromatic heterocycles. The molecule has 8 heteroatoms. The fraction of sp³-hybridized carbons (Fsp3) is 0.312. The maximum absolute atomic E-state index is 13.9. The summed E-state index contributed by atoms with van der Waals surface area (Å²) < 4.78 is 29.6. The van der Waals surface area contributed by atoms with Gasteiger partial charge in [-0.15, -0.1) is 0 Å². The second kappa shape index (κ2) is 13.5. The molecular weight excluding hydrogens is 510 g/mol. The van der Waals surface area contributed by atoms with Crippen LogP contribution < -0.4 is 10.6 Å². The van der Waals surface area contributed by atoms with Gasteiger partial charge in [0, 0.05) is 24.8 Å². The molecule has 0 aliphatic heterocycles. The van der Waals surface area contributed by atoms with Crippen LogP contribution in [0.15, 0.2) is 72.8 Å². The second-order valence-electron chi connectivity index (χ2n) is 10.1. The van der Waals surface area contributed by atoms with E-state index in [0.29, 0.717) is 35.6 Å². The van der Waals surface area contributed by atoms with Crippen LogP contribution in [0.1, 0.15) is 50.9 Å². The highest BCUT2D eigenvalue weighted by molar-refractivity contribution is 5.96. The van der Waals surface area contributed by atoms with E-state index in [1.807, 2.05) is 49.4 Å². The van der Waals surface area contributed by atoms with Gasteiger partial charge in [0.15, 0.2) is 0 Å². The van der Waals surface area contributed by atoms with Crippen LogP contribution in [-0.2, 0) is 25.9 Å². The first-order valence-electron chi connectivity index (χ1n) is 13.5. The van der Waals surface area contributed by atoms with Crippen molar-refractivity contribution in [3.05, 3.63) is 124 Å². The van der Waals surface area contributed by atoms with Crippen LogP contribution in [0.25, 0.3) is 0 Å². The molecule has 0 saturated heterocycles. The molecule has 0 saturated carbocycles. The summed E-state index contributed by atoms with van der Waals surface area (Å²) in [6.45, 7) is 6.90. The normalized spacial score (nSPS) is 12.8. The van der Waals surface area contributed by atoms with Gasteiger partial charge in [0.25, 0.3) is 5.91 Å². The average molecular weight is 547 g/mol. The lowest BCUT2D eigenvalue weighted by atomic mass is 9.99. The van der Waals surface area contributed by atoms with Crippen LogP contribution in [0, 0.1) is 25.5 Å². The molecule has 40 heavy (non-hydrogen) atoms. The quantitative estimate of drug-likeness (QED) is 0.237. The Labute approximate surface area is 234 Å². The number of halogens is 2. The smallest absolute Gasteiger partial charge is 0.255 e. The van der Waals surface area contributed by atoms with Crippen molar-refractivity contribution in [2.45, 2.75) is 58.8 Å². The van der Waals surface area contributed by atoms with Crippen molar-refractivity contribution in [3.8, 4) is 0 Å². The Morgan fingerprint density at radius 1 is 0.925 bits per heavy atom. The van der Waals surface area contributed by atoms with Gasteiger partial charge in [0.1, 0.15) is 11.6 Å². The lowest BCUT2D eigenvalue weighted by Crippen LogP contribution is -2.48. The molecule has 4 aromatic rings. The van der Waals surface area contributed by atoms with Crippen LogP contribution in [0.2, 0.25) is 0 Å². The van der Waals surface area contributed by atoms with E-state index >= 15 is 0 Å². The summed E-state index contributed by atoms with van der Waals surface area (Å²) in [6.07, 6.45) is -0.0509. The Kier molecular flexibility index (Phi) is 9.79. The van der Waals surface area contributed by atoms with E-state index in [0.717, 1.165) is 23.6 Å². The minimum absolute atomic E-state index is 0.0465. The lowest BCUT2D eigenvalue weighted by molar-refractivity contribution is 0.0828. The van der Waals surface area contributed by atoms with Crippen LogP contribution in [0.3, 0.4) is 0 Å². The highest BCUT2D eigenvalue weighted by Crippen LogP contribution is 2.17. The second-order valence-corrected chi connectivity index (χ2v) is 10.1. The molecule has 0 aliphatic rings. The fourth-order valence-corrected chi connectivity index (χ4v) is 4.91. The number of aryl methyl sites for hydroxylation is 2. The van der Waals surface area contributed by atoms with Gasteiger partial charge in [-0.3, -0.25) is 9.48 Å². The summed E-state index contributed by atoms with van der Waals surface area (Å²) >= 11 is 0. The van der Waals surface area contributed by atoms with Gasteiger partial charge < -0.3 is 15.7 Å². The Morgan fingerprint density at radius 3 is 2.30 bits per heavy atom. The fourth-order valence-electron chi connectivity index (χ4n) is 4.91. The van der Waals surface area contributed by atoms with Crippen LogP contribution >= 0.6 is 0 Å². The number of hydrogen-bond donors (Lipinski definition) is 3. The summed E-state index contributed by atoms with van der Waals surface area (Å²) in [5.74, 6) is -1.82. The summed E-state index contributed by atoms with van der Waals surface area (Å²) in [5, 5.41) is 21.9. The maximum atomic E-state index is 13.9. The van der Waals surface area contributed by atoms with Gasteiger partial charge in [-0.25, -0.2) is 8.78 Å². The number of amides is 1. The van der Waals surface area contributed by atoms with Crippen LogP contribution in [0.5, 0.6) is 0 Å². The summed E-state index contributed by atoms with van der Waals surface area (Å²) in [5.41, 5.74) is 5.36. The van der Waals surface area contributed by atoms with E-state index in [1.54, 1.807) is 11.6 Å². The monoisotopic (exact) mass is 546 g/mol. The predicted molar refractivity (Wildman–Crippen MR) is 152 cm³/mol. The molecular formula is C32H36F2N4O2. The third kappa shape index (κ3) is 7.61. The zero-order chi connectivity index (χ0) is 28.6. The molecule has 3 aromatic carbocycles. The van der Waals surface area contributed by atoms with Gasteiger partial charge in [-0.1, -0.05) is 61.5 Å². The predicted octanol–water partition coefficient (Wildman–Crippen LogP) is 4.88. The van der Waals surface area contributed by atoms with Crippen molar-refractivity contribution in [1.82, 2.24) is 20.4 Å². The molecule has 0 bridgehead atoms. The standard InChI is InChI=1S/C32H36F2N4O2/c1-4-23-11-8-12-25(13-23)18-35-19-30(39)29(16-26-14-27(33)17-28(34)15-26)36-32(40)31-21(2)37-38(22(31)3)20-24-9-6-5-7-10-24/h5-15,17,29-30,35,39H,4,16,18-20H2,1-3H3,(H,36,40)/t29-,30-/m0/s1. The van der Waals surface area contributed by atoms with Gasteiger partial charge in [-0.05, 0) is 61.1 Å². The minimum Gasteiger partial charge on any atom is -0.390 e. The van der Waals surface area contributed by atoms with E-state index in [9.17, 15) is 18.7 Å². The number of carbonyl (C=O) groups is 1. The zero-order valence-electron chi connectivity index (χ0n) is 23.1. The van der Waals surface area contributed by atoms with Crippen molar-refractivity contribution >= 4 is 5.91 Å². The Balaban J connectivity index is 1.50. The molecule has 0 aliphatic carbocycles. The highest BCUT2D eigenvalue weighted by Gasteiger charge is 2.26. The molecule has 2 atom stereocenters. The molecule has 6 nitrogen and oxygen atoms in total. The van der Waals surface area contributed by atoms with Gasteiger partial charge >= 0.3 is 0 Å². The molecule has 0 radical (unpaired) electrons. The average Bonchev–Trinajstić information content (AvgIpc) is 3.20. The van der Waals surface area contributed by atoms with E-state index in [4.69, 9.17) is 0 Å². The number of carbonyl (C=O) groups excluding carboxylic acids is 1. The Hall–Kier alpha value is -3.88. The van der Waals surface area contributed by atoms with Crippen LogP contribution in [-0.4, -0.2) is 39.5 Å². The molecule has 1 amide bonds. The largest absolute Gasteiger partial charge is 0.390 e. The number of hydrogen-bond acceptors (Lipinski definition) is 4. The molecule has 0 unspecified atom stereocenters. The van der Waals surface area contributed by atoms with E-state index in [2.05, 4.69) is 34.8 Å². The summed E-state index contributed by atoms with van der Waals surface area (Å²) in [6, 6.07) is 20.4. The van der Waals surface area contributed by atoms with Crippen molar-refractivity contribution < 1.29 is 18.7 Å². The SMILES string of the molecule is CCc1cccc(CNC[C@H](O)[C@H](Cc2cc(F)cc(F)c2)NC(=O)c2c(C)nn(Cc3ccccc3)c2C)c1. The first kappa shape index (κ1) is 29.1. The third-order valence-electron chi connectivity index (χ3n) is 7.02. The van der Waals surface area contributed by atoms with Crippen molar-refractivity contribution in [1.29, 1.82) is 0 Å². The first-order chi connectivity index (χ1) is 19.2. The number of aliphatic hydroxyl groups is 1. The Morgan fingerprint density at radius 2 is 1.60 bits per heavy atom. The van der Waals surface area contributed by atoms with E-state index in [-0.39, 0.29) is 13.0 Å². The summed E-state index contributed by atoms with van der Waals surface area (Å²) in [7, 11) is 0. The maximum Gasteiger partial charge on any atom is 0.255 e. The lowest BCUT2D eigenvalue weighted by Gasteiger charge is -2.25. The number of aliphatic hydroxyl groups excluding tert-OH is 1. The number of benzene rings is 3. The van der Waals surface area contributed by atoms with Crippen molar-refractivity contribution in [2.75, 3.05) is 6.54 Å². The molecule has 0 spiro atoms. The third-order valence-corrected chi connectivity index (χ3v) is 7.02. The number of rotatable bonds is 12. The number of nitrogens with zero attached hydrogens (tertiary/aromatic N) is 2. The van der Waals surface area contributed by atoms with Crippen molar-refractivity contribution in [3.63, 3.8) is 0 Å². The molecule has 4 rings (SSSR count). The van der Waals surface area contributed by atoms with E-state index < -0.39 is 29.7 Å². The summed E-state index contributed by atoms with van der Waals surface area (Å²) in [4.78, 5) is 13.5. The van der Waals surface area contributed by atoms with Gasteiger partial charge in [0.2, 0.25) is 0 Å². The van der Waals surface area contributed by atoms with Crippen LogP contribution in [0.4, 0.5) is 8.78 Å². The minimum atomic E-state index is -1.02. The topological polar surface area (TPSA) is 79.2 Å². The molecule has 0 fully saturated rings. The zero-order valence-corrected chi connectivity index (χ0v) is 23.1. The highest BCUT2D eigenvalue weighted by atomic mass is 19.1. The van der Waals surface area contributed by atoms with E-state index in [1.165, 1.54) is 17.7 Å². The number of aromatic nitrogens is 2. The Bertz CT molecular complexity index is 1420. The first-order valence-corrected chi connectivity index (χ1v) is 13.5. The molecule has 3 N–H and O–H groups in total. The van der Waals surface area contributed by atoms with Gasteiger partial charge in [-0.2, -0.15) is 5.10 Å².